The highest BCUT2D eigenvalue weighted by Crippen LogP contribution is 2.26. The van der Waals surface area contributed by atoms with Crippen LogP contribution in [0.5, 0.6) is 0 Å². The molecule has 0 aliphatic carbocycles. The quantitative estimate of drug-likeness (QED) is 0.499. The average molecular weight is 423 g/mol. The molecule has 5 rings (SSSR count). The van der Waals surface area contributed by atoms with E-state index in [1.807, 2.05) is 30.3 Å². The summed E-state index contributed by atoms with van der Waals surface area (Å²) in [7, 11) is 0. The van der Waals surface area contributed by atoms with Crippen LogP contribution in [-0.4, -0.2) is 50.7 Å². The molecule has 1 fully saturated rings. The number of rotatable bonds is 4. The molecule has 6 nitrogen and oxygen atoms in total. The van der Waals surface area contributed by atoms with Crippen molar-refractivity contribution in [3.8, 4) is 11.3 Å². The normalized spacial score (nSPS) is 15.1. The van der Waals surface area contributed by atoms with Crippen molar-refractivity contribution < 1.29 is 4.39 Å². The molecule has 0 saturated carbocycles. The molecule has 0 unspecified atom stereocenters. The lowest BCUT2D eigenvalue weighted by Gasteiger charge is -2.36. The monoisotopic (exact) mass is 422 g/mol. The standard InChI is InChI=1S/C22H20ClFN6/c23-18-7-4-8-19(24)17(18)14-28-9-11-29(12-10-28)21-13-20(16-5-2-1-3-6-16)27-22-25-15-26-30(21)22/h1-8,13,15H,9-12,14H2. The fourth-order valence-corrected chi connectivity index (χ4v) is 4.04. The Balaban J connectivity index is 1.38. The molecule has 0 bridgehead atoms. The maximum absolute atomic E-state index is 14.1. The van der Waals surface area contributed by atoms with E-state index in [0.717, 1.165) is 43.3 Å². The van der Waals surface area contributed by atoms with Crippen LogP contribution in [0.4, 0.5) is 10.2 Å². The van der Waals surface area contributed by atoms with Gasteiger partial charge in [-0.3, -0.25) is 4.90 Å². The number of anilines is 1. The van der Waals surface area contributed by atoms with E-state index in [4.69, 9.17) is 11.6 Å². The molecule has 152 valence electrons. The summed E-state index contributed by atoms with van der Waals surface area (Å²) in [6, 6.07) is 16.9. The topological polar surface area (TPSA) is 49.6 Å². The van der Waals surface area contributed by atoms with Gasteiger partial charge in [-0.05, 0) is 12.1 Å². The summed E-state index contributed by atoms with van der Waals surface area (Å²) in [5.74, 6) is 1.28. The first kappa shape index (κ1) is 19.0. The Labute approximate surface area is 178 Å². The van der Waals surface area contributed by atoms with Crippen molar-refractivity contribution in [1.29, 1.82) is 0 Å². The fraction of sp³-hybridized carbons (Fsp3) is 0.227. The van der Waals surface area contributed by atoms with Crippen LogP contribution in [0, 0.1) is 5.82 Å². The highest BCUT2D eigenvalue weighted by atomic mass is 35.5. The summed E-state index contributed by atoms with van der Waals surface area (Å²) in [4.78, 5) is 13.4. The molecule has 3 heterocycles. The first-order chi connectivity index (χ1) is 14.7. The zero-order chi connectivity index (χ0) is 20.5. The van der Waals surface area contributed by atoms with Crippen molar-refractivity contribution in [3.63, 3.8) is 0 Å². The summed E-state index contributed by atoms with van der Waals surface area (Å²) in [6.45, 7) is 3.68. The third kappa shape index (κ3) is 3.62. The van der Waals surface area contributed by atoms with Crippen LogP contribution in [0.15, 0.2) is 60.9 Å². The van der Waals surface area contributed by atoms with E-state index in [1.54, 1.807) is 16.6 Å². The maximum Gasteiger partial charge on any atom is 0.254 e. The van der Waals surface area contributed by atoms with Gasteiger partial charge in [-0.2, -0.15) is 14.6 Å². The van der Waals surface area contributed by atoms with E-state index < -0.39 is 0 Å². The molecule has 0 amide bonds. The Hall–Kier alpha value is -3.03. The number of aromatic nitrogens is 4. The molecule has 2 aromatic carbocycles. The third-order valence-corrected chi connectivity index (χ3v) is 5.80. The molecule has 1 aliphatic heterocycles. The van der Waals surface area contributed by atoms with Gasteiger partial charge in [0.25, 0.3) is 5.78 Å². The Bertz CT molecular complexity index is 1150. The van der Waals surface area contributed by atoms with Crippen molar-refractivity contribution in [2.75, 3.05) is 31.1 Å². The van der Waals surface area contributed by atoms with Crippen LogP contribution < -0.4 is 4.90 Å². The van der Waals surface area contributed by atoms with E-state index in [0.29, 0.717) is 22.9 Å². The number of fused-ring (bicyclic) bond motifs is 1. The Kier molecular flexibility index (Phi) is 5.06. The van der Waals surface area contributed by atoms with Crippen molar-refractivity contribution >= 4 is 23.2 Å². The second-order valence-corrected chi connectivity index (χ2v) is 7.71. The van der Waals surface area contributed by atoms with Gasteiger partial charge in [0.1, 0.15) is 18.0 Å². The van der Waals surface area contributed by atoms with Gasteiger partial charge < -0.3 is 4.90 Å². The van der Waals surface area contributed by atoms with Gasteiger partial charge in [0.2, 0.25) is 0 Å². The minimum Gasteiger partial charge on any atom is -0.354 e. The van der Waals surface area contributed by atoms with E-state index in [-0.39, 0.29) is 5.82 Å². The summed E-state index contributed by atoms with van der Waals surface area (Å²) in [6.07, 6.45) is 1.52. The molecule has 1 aliphatic rings. The predicted octanol–water partition coefficient (Wildman–Crippen LogP) is 3.91. The first-order valence-electron chi connectivity index (χ1n) is 9.85. The number of nitrogens with zero attached hydrogens (tertiary/aromatic N) is 6. The van der Waals surface area contributed by atoms with Crippen LogP contribution in [0.2, 0.25) is 5.02 Å². The Morgan fingerprint density at radius 1 is 0.967 bits per heavy atom. The number of piperazine rings is 1. The van der Waals surface area contributed by atoms with Gasteiger partial charge in [0.15, 0.2) is 0 Å². The molecular weight excluding hydrogens is 403 g/mol. The molecule has 0 spiro atoms. The summed E-state index contributed by atoms with van der Waals surface area (Å²) in [5, 5.41) is 4.83. The molecule has 0 radical (unpaired) electrons. The number of hydrogen-bond acceptors (Lipinski definition) is 5. The van der Waals surface area contributed by atoms with Crippen LogP contribution in [0.25, 0.3) is 17.0 Å². The first-order valence-corrected chi connectivity index (χ1v) is 10.2. The minimum atomic E-state index is -0.254. The van der Waals surface area contributed by atoms with Crippen LogP contribution in [0.1, 0.15) is 5.56 Å². The van der Waals surface area contributed by atoms with Gasteiger partial charge in [-0.25, -0.2) is 9.37 Å². The highest BCUT2D eigenvalue weighted by molar-refractivity contribution is 6.31. The highest BCUT2D eigenvalue weighted by Gasteiger charge is 2.22. The Morgan fingerprint density at radius 2 is 1.77 bits per heavy atom. The van der Waals surface area contributed by atoms with E-state index >= 15 is 0 Å². The molecule has 30 heavy (non-hydrogen) atoms. The van der Waals surface area contributed by atoms with Crippen LogP contribution in [-0.2, 0) is 6.54 Å². The molecule has 0 atom stereocenters. The van der Waals surface area contributed by atoms with E-state index in [2.05, 4.69) is 30.9 Å². The molecular formula is C22H20ClFN6. The summed E-state index contributed by atoms with van der Waals surface area (Å²) in [5.41, 5.74) is 2.46. The lowest BCUT2D eigenvalue weighted by molar-refractivity contribution is 0.246. The number of hydrogen-bond donors (Lipinski definition) is 0. The van der Waals surface area contributed by atoms with E-state index in [1.165, 1.54) is 12.4 Å². The molecule has 1 saturated heterocycles. The molecule has 4 aromatic rings. The van der Waals surface area contributed by atoms with Crippen molar-refractivity contribution in [3.05, 3.63) is 77.3 Å². The molecule has 8 heteroatoms. The van der Waals surface area contributed by atoms with Crippen LogP contribution >= 0.6 is 11.6 Å². The van der Waals surface area contributed by atoms with Gasteiger partial charge in [-0.1, -0.05) is 48.0 Å². The average Bonchev–Trinajstić information content (AvgIpc) is 3.26. The smallest absolute Gasteiger partial charge is 0.254 e. The number of benzene rings is 2. The summed E-state index contributed by atoms with van der Waals surface area (Å²) >= 11 is 6.20. The zero-order valence-corrected chi connectivity index (χ0v) is 17.0. The fourth-order valence-electron chi connectivity index (χ4n) is 3.82. The maximum atomic E-state index is 14.1. The zero-order valence-electron chi connectivity index (χ0n) is 16.2. The molecule has 2 aromatic heterocycles. The van der Waals surface area contributed by atoms with Crippen molar-refractivity contribution in [2.24, 2.45) is 0 Å². The predicted molar refractivity (Wildman–Crippen MR) is 115 cm³/mol. The molecule has 0 N–H and O–H groups in total. The van der Waals surface area contributed by atoms with Crippen LogP contribution in [0.3, 0.4) is 0 Å². The van der Waals surface area contributed by atoms with Crippen molar-refractivity contribution in [1.82, 2.24) is 24.5 Å². The third-order valence-electron chi connectivity index (χ3n) is 5.44. The second kappa shape index (κ2) is 8.01. The van der Waals surface area contributed by atoms with Gasteiger partial charge >= 0.3 is 0 Å². The largest absolute Gasteiger partial charge is 0.354 e. The summed E-state index contributed by atoms with van der Waals surface area (Å²) < 4.78 is 15.9. The van der Waals surface area contributed by atoms with E-state index in [9.17, 15) is 4.39 Å². The van der Waals surface area contributed by atoms with Gasteiger partial charge in [0.05, 0.1) is 5.69 Å². The SMILES string of the molecule is Fc1cccc(Cl)c1CN1CCN(c2cc(-c3ccccc3)nc3ncnn23)CC1. The Morgan fingerprint density at radius 3 is 2.53 bits per heavy atom. The van der Waals surface area contributed by atoms with Gasteiger partial charge in [0, 0.05) is 54.9 Å². The lowest BCUT2D eigenvalue weighted by Crippen LogP contribution is -2.46. The van der Waals surface area contributed by atoms with Gasteiger partial charge in [-0.15, -0.1) is 0 Å². The second-order valence-electron chi connectivity index (χ2n) is 7.30. The number of halogens is 2. The lowest BCUT2D eigenvalue weighted by atomic mass is 10.1. The van der Waals surface area contributed by atoms with Crippen molar-refractivity contribution in [2.45, 2.75) is 6.54 Å². The minimum absolute atomic E-state index is 0.254.